The maximum Gasteiger partial charge on any atom is 0.174 e. The second-order valence-corrected chi connectivity index (χ2v) is 5.14. The van der Waals surface area contributed by atoms with Gasteiger partial charge in [0.25, 0.3) is 0 Å². The number of hydrogen-bond donors (Lipinski definition) is 1. The third-order valence-corrected chi connectivity index (χ3v) is 3.35. The molecule has 0 heterocycles. The summed E-state index contributed by atoms with van der Waals surface area (Å²) < 4.78 is 5.01. The number of ketones is 2. The summed E-state index contributed by atoms with van der Waals surface area (Å²) in [7, 11) is 1.52. The van der Waals surface area contributed by atoms with E-state index >= 15 is 0 Å². The van der Waals surface area contributed by atoms with Gasteiger partial charge in [-0.25, -0.2) is 0 Å². The van der Waals surface area contributed by atoms with E-state index in [1.54, 1.807) is 36.4 Å². The fraction of sp³-hybridized carbons (Fsp3) is 0.222. The van der Waals surface area contributed by atoms with Gasteiger partial charge in [0.1, 0.15) is 5.75 Å². The van der Waals surface area contributed by atoms with Crippen LogP contribution < -0.4 is 0 Å². The molecule has 0 atom stereocenters. The Bertz CT molecular complexity index is 690. The van der Waals surface area contributed by atoms with Crippen molar-refractivity contribution in [1.29, 1.82) is 0 Å². The molecule has 0 aliphatic rings. The summed E-state index contributed by atoms with van der Waals surface area (Å²) in [6.45, 7) is 2.04. The van der Waals surface area contributed by atoms with Gasteiger partial charge in [0.15, 0.2) is 11.6 Å². The first-order chi connectivity index (χ1) is 10.5. The molecule has 0 spiro atoms. The number of aromatic hydroxyl groups is 1. The van der Waals surface area contributed by atoms with Crippen LogP contribution in [0.3, 0.4) is 0 Å². The lowest BCUT2D eigenvalue weighted by Crippen LogP contribution is -2.10. The van der Waals surface area contributed by atoms with Crippen LogP contribution in [0, 0.1) is 6.92 Å². The van der Waals surface area contributed by atoms with E-state index in [0.29, 0.717) is 11.1 Å². The van der Waals surface area contributed by atoms with Crippen molar-refractivity contribution in [3.05, 3.63) is 64.7 Å². The Kier molecular flexibility index (Phi) is 5.07. The Labute approximate surface area is 129 Å². The van der Waals surface area contributed by atoms with Crippen LogP contribution in [0.1, 0.15) is 38.3 Å². The maximum absolute atomic E-state index is 12.3. The Hall–Kier alpha value is -2.46. The highest BCUT2D eigenvalue weighted by molar-refractivity contribution is 6.14. The lowest BCUT2D eigenvalue weighted by molar-refractivity contribution is 0.0892. The quantitative estimate of drug-likeness (QED) is 0.656. The van der Waals surface area contributed by atoms with E-state index in [1.165, 1.54) is 7.11 Å². The van der Waals surface area contributed by atoms with Gasteiger partial charge < -0.3 is 9.84 Å². The molecule has 0 unspecified atom stereocenters. The van der Waals surface area contributed by atoms with Crippen LogP contribution in [-0.4, -0.2) is 23.8 Å². The molecule has 22 heavy (non-hydrogen) atoms. The number of phenolic OH excluding ortho intramolecular Hbond substituents is 1. The minimum Gasteiger partial charge on any atom is -0.507 e. The van der Waals surface area contributed by atoms with Crippen LogP contribution in [0.4, 0.5) is 0 Å². The number of hydrogen-bond acceptors (Lipinski definition) is 4. The molecule has 0 saturated carbocycles. The Morgan fingerprint density at radius 2 is 1.77 bits per heavy atom. The number of ether oxygens (including phenoxy) is 1. The molecule has 0 bridgehead atoms. The van der Waals surface area contributed by atoms with Gasteiger partial charge in [-0.1, -0.05) is 36.4 Å². The van der Waals surface area contributed by atoms with Crippen molar-refractivity contribution in [1.82, 2.24) is 0 Å². The summed E-state index contributed by atoms with van der Waals surface area (Å²) >= 11 is 0. The number of carbonyl (C=O) groups excluding carboxylic acids is 2. The lowest BCUT2D eigenvalue weighted by Gasteiger charge is -2.10. The molecule has 0 radical (unpaired) electrons. The van der Waals surface area contributed by atoms with Crippen LogP contribution in [0.2, 0.25) is 0 Å². The minimum atomic E-state index is -0.396. The molecule has 1 N–H and O–H groups in total. The summed E-state index contributed by atoms with van der Waals surface area (Å²) in [5.41, 5.74) is 2.02. The van der Waals surface area contributed by atoms with Gasteiger partial charge in [-0.3, -0.25) is 9.59 Å². The minimum absolute atomic E-state index is 0.113. The van der Waals surface area contributed by atoms with E-state index in [1.807, 2.05) is 13.0 Å². The standard InChI is InChI=1S/C18H18O4/c1-12-8-14(11-22-2)18(21)15(9-12)17(20)10-16(19)13-6-4-3-5-7-13/h3-9,21H,10-11H2,1-2H3. The monoisotopic (exact) mass is 298 g/mol. The smallest absolute Gasteiger partial charge is 0.174 e. The largest absolute Gasteiger partial charge is 0.507 e. The molecular formula is C18H18O4. The maximum atomic E-state index is 12.3. The number of Topliss-reactive ketones (excluding diaryl/α,β-unsaturated/α-hetero) is 2. The van der Waals surface area contributed by atoms with E-state index in [9.17, 15) is 14.7 Å². The first kappa shape index (κ1) is 15.9. The first-order valence-electron chi connectivity index (χ1n) is 6.95. The second kappa shape index (κ2) is 7.00. The molecule has 0 amide bonds. The third-order valence-electron chi connectivity index (χ3n) is 3.35. The van der Waals surface area contributed by atoms with E-state index in [0.717, 1.165) is 5.56 Å². The summed E-state index contributed by atoms with van der Waals surface area (Å²) in [5, 5.41) is 10.2. The van der Waals surface area contributed by atoms with Crippen molar-refractivity contribution in [3.63, 3.8) is 0 Å². The molecule has 4 heteroatoms. The van der Waals surface area contributed by atoms with Crippen molar-refractivity contribution in [2.45, 2.75) is 20.0 Å². The van der Waals surface area contributed by atoms with Crippen molar-refractivity contribution < 1.29 is 19.4 Å². The van der Waals surface area contributed by atoms with Crippen LogP contribution in [-0.2, 0) is 11.3 Å². The third kappa shape index (κ3) is 3.59. The fourth-order valence-electron chi connectivity index (χ4n) is 2.30. The summed E-state index contributed by atoms with van der Waals surface area (Å²) in [6, 6.07) is 12.0. The number of aryl methyl sites for hydroxylation is 1. The van der Waals surface area contributed by atoms with Gasteiger partial charge in [0.05, 0.1) is 18.6 Å². The van der Waals surface area contributed by atoms with E-state index in [2.05, 4.69) is 0 Å². The van der Waals surface area contributed by atoms with Gasteiger partial charge in [-0.05, 0) is 18.6 Å². The zero-order valence-electron chi connectivity index (χ0n) is 12.6. The summed E-state index contributed by atoms with van der Waals surface area (Å²) in [4.78, 5) is 24.4. The molecular weight excluding hydrogens is 280 g/mol. The van der Waals surface area contributed by atoms with Gasteiger partial charge in [0, 0.05) is 18.2 Å². The molecule has 0 saturated heterocycles. The van der Waals surface area contributed by atoms with E-state index < -0.39 is 5.78 Å². The zero-order valence-corrected chi connectivity index (χ0v) is 12.6. The summed E-state index contributed by atoms with van der Waals surface area (Å²) in [5.74, 6) is -0.773. The fourth-order valence-corrected chi connectivity index (χ4v) is 2.30. The molecule has 0 aromatic heterocycles. The predicted molar refractivity (Wildman–Crippen MR) is 83.3 cm³/mol. The Morgan fingerprint density at radius 1 is 1.09 bits per heavy atom. The summed E-state index contributed by atoms with van der Waals surface area (Å²) in [6.07, 6.45) is -0.270. The Balaban J connectivity index is 2.24. The number of methoxy groups -OCH3 is 1. The molecule has 2 aromatic rings. The average Bonchev–Trinajstić information content (AvgIpc) is 2.51. The molecule has 0 aliphatic heterocycles. The molecule has 114 valence electrons. The highest BCUT2D eigenvalue weighted by Gasteiger charge is 2.19. The van der Waals surface area contributed by atoms with Crippen molar-refractivity contribution in [3.8, 4) is 5.75 Å². The molecule has 2 rings (SSSR count). The number of phenols is 1. The first-order valence-corrected chi connectivity index (χ1v) is 6.95. The SMILES string of the molecule is COCc1cc(C)cc(C(=O)CC(=O)c2ccccc2)c1O. The van der Waals surface area contributed by atoms with Gasteiger partial charge in [-0.15, -0.1) is 0 Å². The molecule has 0 fully saturated rings. The van der Waals surface area contributed by atoms with Gasteiger partial charge in [-0.2, -0.15) is 0 Å². The number of carbonyl (C=O) groups is 2. The molecule has 4 nitrogen and oxygen atoms in total. The van der Waals surface area contributed by atoms with Gasteiger partial charge in [0.2, 0.25) is 0 Å². The van der Waals surface area contributed by atoms with Crippen LogP contribution in [0.5, 0.6) is 5.75 Å². The van der Waals surface area contributed by atoms with Crippen molar-refractivity contribution in [2.75, 3.05) is 7.11 Å². The van der Waals surface area contributed by atoms with E-state index in [4.69, 9.17) is 4.74 Å². The normalized spacial score (nSPS) is 10.5. The van der Waals surface area contributed by atoms with Crippen LogP contribution in [0.15, 0.2) is 42.5 Å². The lowest BCUT2D eigenvalue weighted by atomic mass is 9.97. The highest BCUT2D eigenvalue weighted by Crippen LogP contribution is 2.26. The van der Waals surface area contributed by atoms with Crippen LogP contribution in [0.25, 0.3) is 0 Å². The highest BCUT2D eigenvalue weighted by atomic mass is 16.5. The van der Waals surface area contributed by atoms with Crippen molar-refractivity contribution >= 4 is 11.6 Å². The topological polar surface area (TPSA) is 63.6 Å². The average molecular weight is 298 g/mol. The second-order valence-electron chi connectivity index (χ2n) is 5.14. The predicted octanol–water partition coefficient (Wildman–Crippen LogP) is 3.30. The zero-order chi connectivity index (χ0) is 16.1. The number of benzene rings is 2. The van der Waals surface area contributed by atoms with E-state index in [-0.39, 0.29) is 30.1 Å². The Morgan fingerprint density at radius 3 is 2.41 bits per heavy atom. The molecule has 2 aromatic carbocycles. The molecule has 0 aliphatic carbocycles. The number of rotatable bonds is 6. The van der Waals surface area contributed by atoms with Crippen molar-refractivity contribution in [2.24, 2.45) is 0 Å². The van der Waals surface area contributed by atoms with Crippen LogP contribution >= 0.6 is 0 Å². The van der Waals surface area contributed by atoms with Gasteiger partial charge >= 0.3 is 0 Å².